The van der Waals surface area contributed by atoms with Gasteiger partial charge in [-0.1, -0.05) is 18.2 Å². The second-order valence-electron chi connectivity index (χ2n) is 4.46. The molecule has 0 aliphatic rings. The third kappa shape index (κ3) is 2.58. The molecule has 21 heavy (non-hydrogen) atoms. The van der Waals surface area contributed by atoms with Gasteiger partial charge in [0.1, 0.15) is 22.9 Å². The zero-order valence-corrected chi connectivity index (χ0v) is 11.2. The van der Waals surface area contributed by atoms with Crippen LogP contribution in [0.2, 0.25) is 0 Å². The maximum atomic E-state index is 13.7. The van der Waals surface area contributed by atoms with E-state index in [1.165, 1.54) is 6.07 Å². The van der Waals surface area contributed by atoms with E-state index in [1.807, 2.05) is 0 Å². The molecular weight excluding hydrogens is 273 g/mol. The Labute approximate surface area is 119 Å². The summed E-state index contributed by atoms with van der Waals surface area (Å²) in [6.07, 6.45) is 0.103. The van der Waals surface area contributed by atoms with Crippen molar-refractivity contribution in [2.24, 2.45) is 0 Å². The van der Waals surface area contributed by atoms with Gasteiger partial charge in [0.25, 0.3) is 0 Å². The molecule has 0 fully saturated rings. The second-order valence-corrected chi connectivity index (χ2v) is 4.46. The van der Waals surface area contributed by atoms with Crippen LogP contribution in [0.25, 0.3) is 22.4 Å². The molecular formula is C14H12FN5O. The standard InChI is InChI=1S/C14H12FN5O/c1-16-12(21)7-11-18-14(20-19-11)10-6-5-8-3-2-4-9(15)13(8)17-10/h2-6H,7H2,1H3,(H,16,21)(H,18,19,20). The van der Waals surface area contributed by atoms with Crippen molar-refractivity contribution in [3.63, 3.8) is 0 Å². The van der Waals surface area contributed by atoms with Crippen molar-refractivity contribution < 1.29 is 9.18 Å². The predicted molar refractivity (Wildman–Crippen MR) is 74.8 cm³/mol. The molecule has 0 saturated heterocycles. The summed E-state index contributed by atoms with van der Waals surface area (Å²) < 4.78 is 13.7. The van der Waals surface area contributed by atoms with Gasteiger partial charge in [0.05, 0.1) is 6.42 Å². The zero-order valence-electron chi connectivity index (χ0n) is 11.2. The average molecular weight is 285 g/mol. The summed E-state index contributed by atoms with van der Waals surface area (Å²) in [6.45, 7) is 0. The molecule has 1 aromatic carbocycles. The van der Waals surface area contributed by atoms with Crippen molar-refractivity contribution >= 4 is 16.8 Å². The van der Waals surface area contributed by atoms with Crippen molar-refractivity contribution in [2.75, 3.05) is 7.05 Å². The number of rotatable bonds is 3. The molecule has 7 heteroatoms. The number of halogens is 1. The first-order valence-corrected chi connectivity index (χ1v) is 6.35. The molecule has 0 saturated carbocycles. The summed E-state index contributed by atoms with van der Waals surface area (Å²) in [7, 11) is 1.55. The number of carbonyl (C=O) groups excluding carboxylic acids is 1. The van der Waals surface area contributed by atoms with Crippen LogP contribution in [0.15, 0.2) is 30.3 Å². The summed E-state index contributed by atoms with van der Waals surface area (Å²) in [6, 6.07) is 8.25. The number of amides is 1. The molecule has 0 aliphatic carbocycles. The van der Waals surface area contributed by atoms with Gasteiger partial charge >= 0.3 is 0 Å². The maximum absolute atomic E-state index is 13.7. The average Bonchev–Trinajstić information content (AvgIpc) is 2.95. The first-order chi connectivity index (χ1) is 10.2. The molecule has 0 aliphatic heterocycles. The number of para-hydroxylation sites is 1. The Balaban J connectivity index is 1.97. The van der Waals surface area contributed by atoms with Gasteiger partial charge in [-0.05, 0) is 12.1 Å². The highest BCUT2D eigenvalue weighted by atomic mass is 19.1. The van der Waals surface area contributed by atoms with Crippen molar-refractivity contribution in [3.8, 4) is 11.5 Å². The number of H-pyrrole nitrogens is 1. The number of nitrogens with zero attached hydrogens (tertiary/aromatic N) is 3. The molecule has 0 bridgehead atoms. The van der Waals surface area contributed by atoms with Crippen molar-refractivity contribution in [1.82, 2.24) is 25.5 Å². The molecule has 0 spiro atoms. The van der Waals surface area contributed by atoms with E-state index in [4.69, 9.17) is 0 Å². The third-order valence-corrected chi connectivity index (χ3v) is 3.04. The van der Waals surface area contributed by atoms with Crippen molar-refractivity contribution in [1.29, 1.82) is 0 Å². The highest BCUT2D eigenvalue weighted by Crippen LogP contribution is 2.20. The third-order valence-electron chi connectivity index (χ3n) is 3.04. The number of nitrogens with one attached hydrogen (secondary N) is 2. The number of aromatic nitrogens is 4. The van der Waals surface area contributed by atoms with Crippen LogP contribution in [-0.2, 0) is 11.2 Å². The lowest BCUT2D eigenvalue weighted by Crippen LogP contribution is -2.20. The van der Waals surface area contributed by atoms with E-state index in [2.05, 4.69) is 25.5 Å². The fourth-order valence-corrected chi connectivity index (χ4v) is 1.96. The molecule has 0 unspecified atom stereocenters. The first kappa shape index (κ1) is 13.2. The monoisotopic (exact) mass is 285 g/mol. The Hall–Kier alpha value is -2.83. The smallest absolute Gasteiger partial charge is 0.227 e. The number of carbonyl (C=O) groups is 1. The van der Waals surface area contributed by atoms with Gasteiger partial charge in [-0.15, -0.1) is 0 Å². The number of benzene rings is 1. The van der Waals surface area contributed by atoms with E-state index in [-0.39, 0.29) is 17.8 Å². The predicted octanol–water partition coefficient (Wildman–Crippen LogP) is 1.45. The van der Waals surface area contributed by atoms with Crippen LogP contribution in [0.5, 0.6) is 0 Å². The number of likely N-dealkylation sites (N-methyl/N-ethyl adjacent to an activating group) is 1. The molecule has 6 nitrogen and oxygen atoms in total. The highest BCUT2D eigenvalue weighted by molar-refractivity contribution is 5.81. The van der Waals surface area contributed by atoms with E-state index in [1.54, 1.807) is 31.3 Å². The van der Waals surface area contributed by atoms with Gasteiger partial charge < -0.3 is 5.32 Å². The summed E-state index contributed by atoms with van der Waals surface area (Å²) in [5.41, 5.74) is 0.722. The summed E-state index contributed by atoms with van der Waals surface area (Å²) in [5, 5.41) is 9.90. The molecule has 3 aromatic rings. The van der Waals surface area contributed by atoms with Crippen LogP contribution < -0.4 is 5.32 Å². The molecule has 0 atom stereocenters. The Morgan fingerprint density at radius 1 is 1.29 bits per heavy atom. The minimum absolute atomic E-state index is 0.103. The number of fused-ring (bicyclic) bond motifs is 1. The van der Waals surface area contributed by atoms with E-state index < -0.39 is 5.82 Å². The molecule has 2 heterocycles. The second kappa shape index (κ2) is 5.28. The Morgan fingerprint density at radius 2 is 2.14 bits per heavy atom. The van der Waals surface area contributed by atoms with Crippen molar-refractivity contribution in [2.45, 2.75) is 6.42 Å². The summed E-state index contributed by atoms with van der Waals surface area (Å²) >= 11 is 0. The van der Waals surface area contributed by atoms with Gasteiger partial charge in [0.2, 0.25) is 5.91 Å². The van der Waals surface area contributed by atoms with Crippen molar-refractivity contribution in [3.05, 3.63) is 42.0 Å². The van der Waals surface area contributed by atoms with Gasteiger partial charge in [-0.2, -0.15) is 5.10 Å². The lowest BCUT2D eigenvalue weighted by atomic mass is 10.2. The SMILES string of the molecule is CNC(=O)Cc1nc(-c2ccc3cccc(F)c3n2)n[nH]1. The lowest BCUT2D eigenvalue weighted by Gasteiger charge is -2.00. The van der Waals surface area contributed by atoms with Crippen LogP contribution in [0.4, 0.5) is 4.39 Å². The molecule has 106 valence electrons. The quantitative estimate of drug-likeness (QED) is 0.763. The van der Waals surface area contributed by atoms with Crippen LogP contribution in [0.1, 0.15) is 5.82 Å². The fraction of sp³-hybridized carbons (Fsp3) is 0.143. The zero-order chi connectivity index (χ0) is 14.8. The summed E-state index contributed by atoms with van der Waals surface area (Å²) in [5.74, 6) is 0.199. The minimum atomic E-state index is -0.393. The Morgan fingerprint density at radius 3 is 2.95 bits per heavy atom. The Kier molecular flexibility index (Phi) is 3.31. The van der Waals surface area contributed by atoms with Crippen LogP contribution in [0.3, 0.4) is 0 Å². The van der Waals surface area contributed by atoms with Gasteiger partial charge in [0, 0.05) is 12.4 Å². The highest BCUT2D eigenvalue weighted by Gasteiger charge is 2.11. The maximum Gasteiger partial charge on any atom is 0.227 e. The largest absolute Gasteiger partial charge is 0.359 e. The normalized spacial score (nSPS) is 10.8. The van der Waals surface area contributed by atoms with Gasteiger partial charge in [-0.3, -0.25) is 9.89 Å². The van der Waals surface area contributed by atoms with E-state index in [0.29, 0.717) is 22.7 Å². The van der Waals surface area contributed by atoms with E-state index >= 15 is 0 Å². The summed E-state index contributed by atoms with van der Waals surface area (Å²) in [4.78, 5) is 19.7. The van der Waals surface area contributed by atoms with Crippen LogP contribution in [0, 0.1) is 5.82 Å². The number of hydrogen-bond donors (Lipinski definition) is 2. The fourth-order valence-electron chi connectivity index (χ4n) is 1.96. The Bertz CT molecular complexity index is 814. The van der Waals surface area contributed by atoms with E-state index in [0.717, 1.165) is 0 Å². The van der Waals surface area contributed by atoms with Crippen LogP contribution in [-0.4, -0.2) is 33.1 Å². The minimum Gasteiger partial charge on any atom is -0.359 e. The number of aromatic amines is 1. The molecule has 0 radical (unpaired) electrons. The van der Waals surface area contributed by atoms with E-state index in [9.17, 15) is 9.18 Å². The molecule has 2 aromatic heterocycles. The molecule has 1 amide bonds. The van der Waals surface area contributed by atoms with Gasteiger partial charge in [0.15, 0.2) is 5.82 Å². The number of pyridine rings is 1. The molecule has 3 rings (SSSR count). The molecule has 2 N–H and O–H groups in total. The van der Waals surface area contributed by atoms with Gasteiger partial charge in [-0.25, -0.2) is 14.4 Å². The lowest BCUT2D eigenvalue weighted by molar-refractivity contribution is -0.120. The van der Waals surface area contributed by atoms with Crippen LogP contribution >= 0.6 is 0 Å². The number of hydrogen-bond acceptors (Lipinski definition) is 4. The first-order valence-electron chi connectivity index (χ1n) is 6.35. The topological polar surface area (TPSA) is 83.6 Å².